The van der Waals surface area contributed by atoms with Crippen LogP contribution in [0.25, 0.3) is 0 Å². The normalized spacial score (nSPS) is 12.5. The number of carbonyl (C=O) groups is 1. The van der Waals surface area contributed by atoms with Gasteiger partial charge in [0.15, 0.2) is 5.75 Å². The van der Waals surface area contributed by atoms with Crippen molar-refractivity contribution in [2.24, 2.45) is 0 Å². The fraction of sp³-hybridized carbons (Fsp3) is 0.636. The summed E-state index contributed by atoms with van der Waals surface area (Å²) >= 11 is 0. The molecule has 1 aromatic heterocycles. The van der Waals surface area contributed by atoms with Crippen LogP contribution in [0.5, 0.6) is 5.75 Å². The summed E-state index contributed by atoms with van der Waals surface area (Å²) in [6.07, 6.45) is 2.23. The average molecular weight is 210 g/mol. The molecular weight excluding hydrogens is 192 g/mol. The minimum atomic E-state index is 0.153. The highest BCUT2D eigenvalue weighted by atomic mass is 16.5. The molecule has 0 aliphatic rings. The molecule has 0 amide bonds. The Balaban J connectivity index is 2.98. The summed E-state index contributed by atoms with van der Waals surface area (Å²) in [5.41, 5.74) is 1.01. The predicted molar refractivity (Wildman–Crippen MR) is 58.2 cm³/mol. The maximum Gasteiger partial charge on any atom is 0.160 e. The van der Waals surface area contributed by atoms with Crippen molar-refractivity contribution >= 4 is 5.78 Å². The Kier molecular flexibility index (Phi) is 3.88. The number of methoxy groups -OCH3 is 1. The van der Waals surface area contributed by atoms with E-state index in [9.17, 15) is 4.79 Å². The van der Waals surface area contributed by atoms with Crippen LogP contribution in [0.2, 0.25) is 0 Å². The summed E-state index contributed by atoms with van der Waals surface area (Å²) < 4.78 is 7.12. The molecule has 0 radical (unpaired) electrons. The maximum atomic E-state index is 11.1. The zero-order valence-corrected chi connectivity index (χ0v) is 9.78. The Morgan fingerprint density at radius 3 is 2.80 bits per heavy atom. The molecule has 0 aliphatic heterocycles. The van der Waals surface area contributed by atoms with Crippen molar-refractivity contribution in [2.45, 2.75) is 39.7 Å². The highest BCUT2D eigenvalue weighted by molar-refractivity contribution is 5.76. The van der Waals surface area contributed by atoms with Gasteiger partial charge in [0, 0.05) is 18.9 Å². The van der Waals surface area contributed by atoms with E-state index in [1.54, 1.807) is 20.2 Å². The van der Waals surface area contributed by atoms with Crippen LogP contribution in [0.3, 0.4) is 0 Å². The number of hydrogen-bond acceptors (Lipinski definition) is 3. The Hall–Kier alpha value is -1.32. The first-order chi connectivity index (χ1) is 7.10. The number of aryl methyl sites for hydroxylation is 1. The van der Waals surface area contributed by atoms with Crippen molar-refractivity contribution in [3.63, 3.8) is 0 Å². The predicted octanol–water partition coefficient (Wildman–Crippen LogP) is 1.99. The van der Waals surface area contributed by atoms with E-state index in [4.69, 9.17) is 4.74 Å². The summed E-state index contributed by atoms with van der Waals surface area (Å²) in [4.78, 5) is 11.1. The van der Waals surface area contributed by atoms with E-state index in [0.29, 0.717) is 6.42 Å². The van der Waals surface area contributed by atoms with Gasteiger partial charge in [0.2, 0.25) is 0 Å². The molecule has 0 saturated heterocycles. The van der Waals surface area contributed by atoms with Gasteiger partial charge >= 0.3 is 0 Å². The van der Waals surface area contributed by atoms with E-state index in [1.807, 2.05) is 18.5 Å². The number of hydrogen-bond donors (Lipinski definition) is 0. The lowest BCUT2D eigenvalue weighted by atomic mass is 10.0. The van der Waals surface area contributed by atoms with Crippen LogP contribution >= 0.6 is 0 Å². The van der Waals surface area contributed by atoms with E-state index >= 15 is 0 Å². The number of Topliss-reactive ketones (excluding diaryl/α,β-unsaturated/α-hetero) is 1. The maximum absolute atomic E-state index is 11.1. The first kappa shape index (κ1) is 11.8. The number of aromatic nitrogens is 2. The third-order valence-corrected chi connectivity index (χ3v) is 2.42. The van der Waals surface area contributed by atoms with Crippen molar-refractivity contribution in [2.75, 3.05) is 7.11 Å². The molecule has 1 atom stereocenters. The molecule has 15 heavy (non-hydrogen) atoms. The molecule has 1 heterocycles. The Labute approximate surface area is 90.2 Å². The zero-order chi connectivity index (χ0) is 11.4. The Morgan fingerprint density at radius 2 is 2.33 bits per heavy atom. The summed E-state index contributed by atoms with van der Waals surface area (Å²) in [7, 11) is 1.63. The number of ketones is 1. The van der Waals surface area contributed by atoms with Crippen molar-refractivity contribution in [1.82, 2.24) is 9.78 Å². The van der Waals surface area contributed by atoms with Crippen LogP contribution in [0.4, 0.5) is 0 Å². The number of nitrogens with zero attached hydrogens (tertiary/aromatic N) is 2. The number of ether oxygens (including phenoxy) is 1. The van der Waals surface area contributed by atoms with Crippen molar-refractivity contribution in [1.29, 1.82) is 0 Å². The lowest BCUT2D eigenvalue weighted by Gasteiger charge is -2.13. The van der Waals surface area contributed by atoms with Crippen molar-refractivity contribution in [3.8, 4) is 5.75 Å². The summed E-state index contributed by atoms with van der Waals surface area (Å²) in [5, 5.41) is 4.21. The van der Waals surface area contributed by atoms with E-state index in [2.05, 4.69) is 5.10 Å². The lowest BCUT2D eigenvalue weighted by molar-refractivity contribution is -0.117. The van der Waals surface area contributed by atoms with Gasteiger partial charge in [-0.15, -0.1) is 0 Å². The minimum Gasteiger partial charge on any atom is -0.493 e. The fourth-order valence-electron chi connectivity index (χ4n) is 1.81. The molecule has 0 fully saturated rings. The third kappa shape index (κ3) is 2.58. The van der Waals surface area contributed by atoms with E-state index in [1.165, 1.54) is 0 Å². The molecule has 0 spiro atoms. The monoisotopic (exact) mass is 210 g/mol. The van der Waals surface area contributed by atoms with Crippen LogP contribution in [0.1, 0.15) is 38.8 Å². The van der Waals surface area contributed by atoms with Gasteiger partial charge < -0.3 is 9.53 Å². The summed E-state index contributed by atoms with van der Waals surface area (Å²) in [6.45, 7) is 6.44. The van der Waals surface area contributed by atoms with E-state index in [-0.39, 0.29) is 11.7 Å². The molecule has 84 valence electrons. The summed E-state index contributed by atoms with van der Waals surface area (Å²) in [5.74, 6) is 1.11. The van der Waals surface area contributed by atoms with Gasteiger partial charge in [0.1, 0.15) is 5.78 Å². The van der Waals surface area contributed by atoms with Crippen LogP contribution in [0, 0.1) is 0 Å². The molecule has 0 saturated carbocycles. The first-order valence-corrected chi connectivity index (χ1v) is 5.19. The quantitative estimate of drug-likeness (QED) is 0.746. The smallest absolute Gasteiger partial charge is 0.160 e. The second-order valence-electron chi connectivity index (χ2n) is 3.72. The number of carbonyl (C=O) groups excluding carboxylic acids is 1. The van der Waals surface area contributed by atoms with Crippen LogP contribution in [0.15, 0.2) is 6.20 Å². The summed E-state index contributed by atoms with van der Waals surface area (Å²) in [6, 6.07) is 0. The zero-order valence-electron chi connectivity index (χ0n) is 9.78. The standard InChI is InChI=1S/C11H18N2O2/c1-5-13-11(8(2)6-9(3)14)10(15-4)7-12-13/h7-8H,5-6H2,1-4H3. The van der Waals surface area contributed by atoms with Gasteiger partial charge in [-0.25, -0.2) is 0 Å². The molecular formula is C11H18N2O2. The second kappa shape index (κ2) is 4.96. The van der Waals surface area contributed by atoms with Crippen molar-refractivity contribution < 1.29 is 9.53 Å². The first-order valence-electron chi connectivity index (χ1n) is 5.19. The van der Waals surface area contributed by atoms with Gasteiger partial charge in [-0.3, -0.25) is 4.68 Å². The van der Waals surface area contributed by atoms with Gasteiger partial charge in [-0.1, -0.05) is 6.92 Å². The molecule has 0 N–H and O–H groups in total. The molecule has 4 heteroatoms. The van der Waals surface area contributed by atoms with Gasteiger partial charge in [-0.2, -0.15) is 5.10 Å². The molecule has 4 nitrogen and oxygen atoms in total. The van der Waals surface area contributed by atoms with Gasteiger partial charge in [-0.05, 0) is 13.8 Å². The molecule has 0 aromatic carbocycles. The molecule has 1 rings (SSSR count). The Bertz CT molecular complexity index is 323. The Morgan fingerprint density at radius 1 is 1.67 bits per heavy atom. The largest absolute Gasteiger partial charge is 0.493 e. The van der Waals surface area contributed by atoms with Crippen molar-refractivity contribution in [3.05, 3.63) is 11.9 Å². The van der Waals surface area contributed by atoms with E-state index < -0.39 is 0 Å². The molecule has 0 aliphatic carbocycles. The van der Waals surface area contributed by atoms with Crippen LogP contribution in [-0.2, 0) is 11.3 Å². The topological polar surface area (TPSA) is 44.1 Å². The van der Waals surface area contributed by atoms with Gasteiger partial charge in [0.05, 0.1) is 19.0 Å². The van der Waals surface area contributed by atoms with Crippen LogP contribution in [-0.4, -0.2) is 22.7 Å². The molecule has 0 bridgehead atoms. The third-order valence-electron chi connectivity index (χ3n) is 2.42. The average Bonchev–Trinajstić information content (AvgIpc) is 2.58. The molecule has 1 unspecified atom stereocenters. The van der Waals surface area contributed by atoms with Gasteiger partial charge in [0.25, 0.3) is 0 Å². The number of rotatable bonds is 5. The fourth-order valence-corrected chi connectivity index (χ4v) is 1.81. The van der Waals surface area contributed by atoms with Crippen LogP contribution < -0.4 is 4.74 Å². The SMILES string of the molecule is CCn1ncc(OC)c1C(C)CC(C)=O. The highest BCUT2D eigenvalue weighted by Crippen LogP contribution is 2.28. The van der Waals surface area contributed by atoms with E-state index in [0.717, 1.165) is 18.0 Å². The molecule has 1 aromatic rings. The lowest BCUT2D eigenvalue weighted by Crippen LogP contribution is -2.09. The minimum absolute atomic E-state index is 0.153. The highest BCUT2D eigenvalue weighted by Gasteiger charge is 2.18. The second-order valence-corrected chi connectivity index (χ2v) is 3.72.